The van der Waals surface area contributed by atoms with Gasteiger partial charge in [0.2, 0.25) is 0 Å². The molecular formula is C17H20FNO. The van der Waals surface area contributed by atoms with Crippen LogP contribution in [0.1, 0.15) is 11.1 Å². The molecule has 0 saturated heterocycles. The van der Waals surface area contributed by atoms with E-state index in [-0.39, 0.29) is 5.82 Å². The summed E-state index contributed by atoms with van der Waals surface area (Å²) in [5.74, 6) is 0.463. The average molecular weight is 273 g/mol. The Bertz CT molecular complexity index is 539. The van der Waals surface area contributed by atoms with Gasteiger partial charge in [-0.15, -0.1) is 0 Å². The van der Waals surface area contributed by atoms with E-state index in [1.54, 1.807) is 12.1 Å². The maximum Gasteiger partial charge on any atom is 0.123 e. The Hall–Kier alpha value is -1.87. The molecule has 0 saturated carbocycles. The van der Waals surface area contributed by atoms with Gasteiger partial charge < -0.3 is 4.74 Å². The molecule has 2 rings (SSSR count). The monoisotopic (exact) mass is 273 g/mol. The van der Waals surface area contributed by atoms with Gasteiger partial charge in [0.1, 0.15) is 18.2 Å². The quantitative estimate of drug-likeness (QED) is 0.796. The molecule has 2 nitrogen and oxygen atoms in total. The van der Waals surface area contributed by atoms with E-state index in [1.807, 2.05) is 0 Å². The van der Waals surface area contributed by atoms with Gasteiger partial charge in [0, 0.05) is 13.1 Å². The molecular weight excluding hydrogens is 253 g/mol. The number of ether oxygens (including phenoxy) is 1. The largest absolute Gasteiger partial charge is 0.492 e. The summed E-state index contributed by atoms with van der Waals surface area (Å²) in [7, 11) is 2.07. The van der Waals surface area contributed by atoms with Crippen molar-refractivity contribution >= 4 is 0 Å². The smallest absolute Gasteiger partial charge is 0.123 e. The number of benzene rings is 2. The van der Waals surface area contributed by atoms with Crippen LogP contribution in [0, 0.1) is 12.7 Å². The van der Waals surface area contributed by atoms with Crippen molar-refractivity contribution in [2.75, 3.05) is 20.2 Å². The highest BCUT2D eigenvalue weighted by Gasteiger charge is 2.03. The lowest BCUT2D eigenvalue weighted by Gasteiger charge is -2.18. The first-order valence-electron chi connectivity index (χ1n) is 6.76. The third-order valence-electron chi connectivity index (χ3n) is 3.26. The highest BCUT2D eigenvalue weighted by molar-refractivity contribution is 5.25. The first-order valence-corrected chi connectivity index (χ1v) is 6.76. The van der Waals surface area contributed by atoms with Crippen LogP contribution < -0.4 is 4.74 Å². The second kappa shape index (κ2) is 7.06. The van der Waals surface area contributed by atoms with Gasteiger partial charge >= 0.3 is 0 Å². The molecule has 0 bridgehead atoms. The second-order valence-corrected chi connectivity index (χ2v) is 4.97. The highest BCUT2D eigenvalue weighted by atomic mass is 19.1. The number of hydrogen-bond acceptors (Lipinski definition) is 2. The molecule has 2 aromatic carbocycles. The van der Waals surface area contributed by atoms with Crippen molar-refractivity contribution in [1.82, 2.24) is 4.90 Å². The zero-order chi connectivity index (χ0) is 14.4. The zero-order valence-electron chi connectivity index (χ0n) is 12.0. The van der Waals surface area contributed by atoms with Crippen LogP contribution in [0.3, 0.4) is 0 Å². The topological polar surface area (TPSA) is 12.5 Å². The van der Waals surface area contributed by atoms with E-state index in [4.69, 9.17) is 4.74 Å². The molecule has 0 atom stereocenters. The normalized spacial score (nSPS) is 10.8. The summed E-state index contributed by atoms with van der Waals surface area (Å²) in [6.07, 6.45) is 0. The number of aryl methyl sites for hydroxylation is 1. The van der Waals surface area contributed by atoms with Crippen molar-refractivity contribution in [3.8, 4) is 5.75 Å². The number of nitrogens with zero attached hydrogens (tertiary/aromatic N) is 1. The fraction of sp³-hybridized carbons (Fsp3) is 0.294. The van der Waals surface area contributed by atoms with Crippen molar-refractivity contribution in [1.29, 1.82) is 0 Å². The van der Waals surface area contributed by atoms with E-state index in [0.29, 0.717) is 12.4 Å². The van der Waals surface area contributed by atoms with Crippen molar-refractivity contribution < 1.29 is 9.13 Å². The SMILES string of the molecule is Cc1ccccc1CN(C)CCOc1ccc(F)cc1. The molecule has 0 spiro atoms. The minimum atomic E-state index is -0.242. The van der Waals surface area contributed by atoms with Crippen molar-refractivity contribution in [2.45, 2.75) is 13.5 Å². The van der Waals surface area contributed by atoms with E-state index < -0.39 is 0 Å². The van der Waals surface area contributed by atoms with Gasteiger partial charge in [-0.1, -0.05) is 24.3 Å². The Kier molecular flexibility index (Phi) is 5.13. The van der Waals surface area contributed by atoms with Crippen LogP contribution in [0.4, 0.5) is 4.39 Å². The predicted molar refractivity (Wildman–Crippen MR) is 79.4 cm³/mol. The minimum absolute atomic E-state index is 0.242. The molecule has 2 aromatic rings. The van der Waals surface area contributed by atoms with Crippen LogP contribution in [0.25, 0.3) is 0 Å². The molecule has 0 aliphatic carbocycles. The molecule has 0 aliphatic heterocycles. The van der Waals surface area contributed by atoms with Crippen molar-refractivity contribution in [2.24, 2.45) is 0 Å². The van der Waals surface area contributed by atoms with Crippen molar-refractivity contribution in [3.63, 3.8) is 0 Å². The van der Waals surface area contributed by atoms with Crippen LogP contribution in [-0.2, 0) is 6.54 Å². The third kappa shape index (κ3) is 4.35. The predicted octanol–water partition coefficient (Wildman–Crippen LogP) is 3.64. The number of halogens is 1. The molecule has 0 aliphatic rings. The fourth-order valence-corrected chi connectivity index (χ4v) is 2.01. The lowest BCUT2D eigenvalue weighted by Crippen LogP contribution is -2.24. The Morgan fingerprint density at radius 2 is 1.75 bits per heavy atom. The third-order valence-corrected chi connectivity index (χ3v) is 3.26. The van der Waals surface area contributed by atoms with Gasteiger partial charge in [0.15, 0.2) is 0 Å². The van der Waals surface area contributed by atoms with E-state index in [2.05, 4.69) is 43.1 Å². The van der Waals surface area contributed by atoms with Crippen LogP contribution in [0.15, 0.2) is 48.5 Å². The summed E-state index contributed by atoms with van der Waals surface area (Å²) in [6.45, 7) is 4.44. The second-order valence-electron chi connectivity index (χ2n) is 4.97. The molecule has 0 unspecified atom stereocenters. The fourth-order valence-electron chi connectivity index (χ4n) is 2.01. The molecule has 0 radical (unpaired) electrons. The molecule has 106 valence electrons. The minimum Gasteiger partial charge on any atom is -0.492 e. The number of rotatable bonds is 6. The molecule has 0 N–H and O–H groups in total. The van der Waals surface area contributed by atoms with Gasteiger partial charge in [0.05, 0.1) is 0 Å². The Balaban J connectivity index is 1.76. The summed E-state index contributed by atoms with van der Waals surface area (Å²) >= 11 is 0. The Morgan fingerprint density at radius 3 is 2.45 bits per heavy atom. The molecule has 20 heavy (non-hydrogen) atoms. The Labute approximate surface area is 119 Å². The highest BCUT2D eigenvalue weighted by Crippen LogP contribution is 2.12. The first kappa shape index (κ1) is 14.5. The van der Waals surface area contributed by atoms with Crippen LogP contribution >= 0.6 is 0 Å². The molecule has 0 aromatic heterocycles. The molecule has 0 heterocycles. The van der Waals surface area contributed by atoms with E-state index >= 15 is 0 Å². The maximum absolute atomic E-state index is 12.8. The molecule has 0 fully saturated rings. The lowest BCUT2D eigenvalue weighted by molar-refractivity contribution is 0.232. The van der Waals surface area contributed by atoms with Crippen LogP contribution in [0.2, 0.25) is 0 Å². The average Bonchev–Trinajstić information content (AvgIpc) is 2.44. The Morgan fingerprint density at radius 1 is 1.05 bits per heavy atom. The molecule has 0 amide bonds. The van der Waals surface area contributed by atoms with Crippen LogP contribution in [0.5, 0.6) is 5.75 Å². The van der Waals surface area contributed by atoms with E-state index in [0.717, 1.165) is 13.1 Å². The lowest BCUT2D eigenvalue weighted by atomic mass is 10.1. The summed E-state index contributed by atoms with van der Waals surface area (Å²) < 4.78 is 18.3. The van der Waals surface area contributed by atoms with Gasteiger partial charge in [0.25, 0.3) is 0 Å². The van der Waals surface area contributed by atoms with Gasteiger partial charge in [-0.25, -0.2) is 4.39 Å². The van der Waals surface area contributed by atoms with Gasteiger partial charge in [-0.3, -0.25) is 4.90 Å². The van der Waals surface area contributed by atoms with Crippen LogP contribution in [-0.4, -0.2) is 25.1 Å². The molecule has 3 heteroatoms. The standard InChI is InChI=1S/C17H20FNO/c1-14-5-3-4-6-15(14)13-19(2)11-12-20-17-9-7-16(18)8-10-17/h3-10H,11-13H2,1-2H3. The maximum atomic E-state index is 12.8. The van der Waals surface area contributed by atoms with E-state index in [9.17, 15) is 4.39 Å². The summed E-state index contributed by atoms with van der Waals surface area (Å²) in [6, 6.07) is 14.5. The zero-order valence-corrected chi connectivity index (χ0v) is 12.0. The number of hydrogen-bond donors (Lipinski definition) is 0. The first-order chi connectivity index (χ1) is 9.65. The van der Waals surface area contributed by atoms with Crippen molar-refractivity contribution in [3.05, 3.63) is 65.5 Å². The summed E-state index contributed by atoms with van der Waals surface area (Å²) in [5.41, 5.74) is 2.63. The number of likely N-dealkylation sites (N-methyl/N-ethyl adjacent to an activating group) is 1. The summed E-state index contributed by atoms with van der Waals surface area (Å²) in [5, 5.41) is 0. The van der Waals surface area contributed by atoms with Gasteiger partial charge in [-0.05, 0) is 49.4 Å². The summed E-state index contributed by atoms with van der Waals surface area (Å²) in [4.78, 5) is 2.21. The van der Waals surface area contributed by atoms with Gasteiger partial charge in [-0.2, -0.15) is 0 Å². The van der Waals surface area contributed by atoms with E-state index in [1.165, 1.54) is 23.3 Å².